The molecule has 0 radical (unpaired) electrons. The molecular formula is C10H22N2O2. The first-order valence-corrected chi connectivity index (χ1v) is 5.10. The summed E-state index contributed by atoms with van der Waals surface area (Å²) in [4.78, 5) is 11.2. The van der Waals surface area contributed by atoms with Crippen LogP contribution in [-0.4, -0.2) is 35.7 Å². The predicted molar refractivity (Wildman–Crippen MR) is 57.1 cm³/mol. The second-order valence-electron chi connectivity index (χ2n) is 4.18. The Balaban J connectivity index is 3.59. The van der Waals surface area contributed by atoms with Crippen molar-refractivity contribution in [3.05, 3.63) is 0 Å². The molecule has 0 spiro atoms. The van der Waals surface area contributed by atoms with E-state index in [0.717, 1.165) is 0 Å². The van der Waals surface area contributed by atoms with Crippen molar-refractivity contribution >= 4 is 5.91 Å². The number of hydrogen-bond donors (Lipinski definition) is 3. The molecule has 0 saturated carbocycles. The van der Waals surface area contributed by atoms with Gasteiger partial charge in [-0.3, -0.25) is 4.79 Å². The molecule has 0 rings (SSSR count). The maximum absolute atomic E-state index is 11.2. The normalized spacial score (nSPS) is 15.3. The van der Waals surface area contributed by atoms with E-state index in [9.17, 15) is 9.90 Å². The third-order valence-electron chi connectivity index (χ3n) is 2.00. The number of aliphatic hydroxyl groups is 1. The number of nitrogens with one attached hydrogen (secondary N) is 2. The Kier molecular flexibility index (Phi) is 5.72. The van der Waals surface area contributed by atoms with Crippen molar-refractivity contribution in [2.75, 3.05) is 13.1 Å². The lowest BCUT2D eigenvalue weighted by molar-refractivity contribution is -0.120. The third-order valence-corrected chi connectivity index (χ3v) is 2.00. The molecule has 1 amide bonds. The summed E-state index contributed by atoms with van der Waals surface area (Å²) < 4.78 is 0. The maximum atomic E-state index is 11.2. The lowest BCUT2D eigenvalue weighted by Gasteiger charge is -2.21. The number of amides is 1. The van der Waals surface area contributed by atoms with Crippen LogP contribution in [-0.2, 0) is 4.79 Å². The Labute approximate surface area is 86.1 Å². The Morgan fingerprint density at radius 2 is 2.07 bits per heavy atom. The highest BCUT2D eigenvalue weighted by atomic mass is 16.3. The van der Waals surface area contributed by atoms with Gasteiger partial charge >= 0.3 is 0 Å². The highest BCUT2D eigenvalue weighted by Crippen LogP contribution is 2.05. The van der Waals surface area contributed by atoms with Gasteiger partial charge in [-0.1, -0.05) is 6.92 Å². The first-order valence-electron chi connectivity index (χ1n) is 5.10. The summed E-state index contributed by atoms with van der Waals surface area (Å²) in [7, 11) is 0. The lowest BCUT2D eigenvalue weighted by Crippen LogP contribution is -2.43. The van der Waals surface area contributed by atoms with Crippen LogP contribution in [0.25, 0.3) is 0 Å². The fourth-order valence-corrected chi connectivity index (χ4v) is 0.943. The Morgan fingerprint density at radius 1 is 1.50 bits per heavy atom. The molecule has 84 valence electrons. The van der Waals surface area contributed by atoms with Gasteiger partial charge in [-0.2, -0.15) is 0 Å². The molecule has 3 N–H and O–H groups in total. The van der Waals surface area contributed by atoms with Crippen LogP contribution < -0.4 is 10.6 Å². The number of carbonyl (C=O) groups is 1. The second kappa shape index (κ2) is 5.98. The smallest absolute Gasteiger partial charge is 0.234 e. The van der Waals surface area contributed by atoms with Crippen molar-refractivity contribution in [3.63, 3.8) is 0 Å². The molecule has 14 heavy (non-hydrogen) atoms. The topological polar surface area (TPSA) is 61.4 Å². The van der Waals surface area contributed by atoms with Gasteiger partial charge in [-0.25, -0.2) is 0 Å². The van der Waals surface area contributed by atoms with Crippen molar-refractivity contribution in [2.45, 2.75) is 45.8 Å². The minimum atomic E-state index is -0.724. The molecule has 4 nitrogen and oxygen atoms in total. The van der Waals surface area contributed by atoms with Crippen LogP contribution in [0.15, 0.2) is 0 Å². The van der Waals surface area contributed by atoms with Crippen molar-refractivity contribution in [1.82, 2.24) is 10.6 Å². The van der Waals surface area contributed by atoms with E-state index in [2.05, 4.69) is 10.6 Å². The van der Waals surface area contributed by atoms with Crippen LogP contribution in [0.3, 0.4) is 0 Å². The highest BCUT2D eigenvalue weighted by Gasteiger charge is 2.16. The molecule has 1 atom stereocenters. The lowest BCUT2D eigenvalue weighted by atomic mass is 10.0. The van der Waals surface area contributed by atoms with Gasteiger partial charge < -0.3 is 15.7 Å². The van der Waals surface area contributed by atoms with E-state index in [1.165, 1.54) is 0 Å². The quantitative estimate of drug-likeness (QED) is 0.579. The molecule has 0 aliphatic rings. The number of hydrogen-bond acceptors (Lipinski definition) is 3. The molecule has 0 bridgehead atoms. The van der Waals surface area contributed by atoms with Crippen LogP contribution in [0.2, 0.25) is 0 Å². The highest BCUT2D eigenvalue weighted by molar-refractivity contribution is 5.78. The van der Waals surface area contributed by atoms with Gasteiger partial charge in [0.1, 0.15) is 0 Å². The molecule has 0 aromatic rings. The van der Waals surface area contributed by atoms with Gasteiger partial charge in [-0.15, -0.1) is 0 Å². The van der Waals surface area contributed by atoms with Crippen LogP contribution >= 0.6 is 0 Å². The van der Waals surface area contributed by atoms with Crippen molar-refractivity contribution in [3.8, 4) is 0 Å². The Hall–Kier alpha value is -0.610. The molecule has 0 fully saturated rings. The minimum absolute atomic E-state index is 0.0353. The van der Waals surface area contributed by atoms with Gasteiger partial charge in [0.15, 0.2) is 0 Å². The summed E-state index contributed by atoms with van der Waals surface area (Å²) in [6.07, 6.45) is 0.672. The van der Waals surface area contributed by atoms with Gasteiger partial charge in [0.05, 0.1) is 12.1 Å². The molecule has 0 heterocycles. The zero-order valence-corrected chi connectivity index (χ0v) is 9.55. The van der Waals surface area contributed by atoms with Gasteiger partial charge in [0, 0.05) is 12.6 Å². The van der Waals surface area contributed by atoms with Crippen LogP contribution in [0, 0.1) is 0 Å². The van der Waals surface area contributed by atoms with E-state index in [1.807, 2.05) is 20.8 Å². The molecule has 1 unspecified atom stereocenters. The van der Waals surface area contributed by atoms with Crippen molar-refractivity contribution < 1.29 is 9.90 Å². The first kappa shape index (κ1) is 13.4. The predicted octanol–water partition coefficient (Wildman–Crippen LogP) is 0.262. The van der Waals surface area contributed by atoms with E-state index in [0.29, 0.717) is 13.0 Å². The fraction of sp³-hybridized carbons (Fsp3) is 0.900. The van der Waals surface area contributed by atoms with Crippen LogP contribution in [0.4, 0.5) is 0 Å². The summed E-state index contributed by atoms with van der Waals surface area (Å²) >= 11 is 0. The van der Waals surface area contributed by atoms with E-state index in [1.54, 1.807) is 6.92 Å². The van der Waals surface area contributed by atoms with Crippen LogP contribution in [0.5, 0.6) is 0 Å². The average Bonchev–Trinajstić information content (AvgIpc) is 2.02. The minimum Gasteiger partial charge on any atom is -0.389 e. The maximum Gasteiger partial charge on any atom is 0.234 e. The summed E-state index contributed by atoms with van der Waals surface area (Å²) in [5.74, 6) is -0.0353. The van der Waals surface area contributed by atoms with Gasteiger partial charge in [0.25, 0.3) is 0 Å². The summed E-state index contributed by atoms with van der Waals surface area (Å²) in [5.41, 5.74) is -0.724. The Morgan fingerprint density at radius 3 is 2.50 bits per heavy atom. The standard InChI is InChI=1S/C10H22N2O2/c1-5-10(4,14)7-11-6-9(13)12-8(2)3/h8,11,14H,5-7H2,1-4H3,(H,12,13). The van der Waals surface area contributed by atoms with Crippen molar-refractivity contribution in [2.24, 2.45) is 0 Å². The molecule has 0 aliphatic carbocycles. The summed E-state index contributed by atoms with van der Waals surface area (Å²) in [6.45, 7) is 8.19. The SMILES string of the molecule is CCC(C)(O)CNCC(=O)NC(C)C. The van der Waals surface area contributed by atoms with E-state index in [-0.39, 0.29) is 18.5 Å². The zero-order chi connectivity index (χ0) is 11.2. The molecule has 0 aromatic heterocycles. The van der Waals surface area contributed by atoms with E-state index < -0.39 is 5.60 Å². The second-order valence-corrected chi connectivity index (χ2v) is 4.18. The molecular weight excluding hydrogens is 180 g/mol. The Bertz CT molecular complexity index is 179. The van der Waals surface area contributed by atoms with E-state index >= 15 is 0 Å². The van der Waals surface area contributed by atoms with E-state index in [4.69, 9.17) is 0 Å². The number of rotatable bonds is 6. The summed E-state index contributed by atoms with van der Waals surface area (Å²) in [6, 6.07) is 0.163. The third kappa shape index (κ3) is 6.86. The fourth-order valence-electron chi connectivity index (χ4n) is 0.943. The molecule has 4 heteroatoms. The largest absolute Gasteiger partial charge is 0.389 e. The van der Waals surface area contributed by atoms with Gasteiger partial charge in [-0.05, 0) is 27.2 Å². The molecule has 0 aliphatic heterocycles. The van der Waals surface area contributed by atoms with Gasteiger partial charge in [0.2, 0.25) is 5.91 Å². The zero-order valence-electron chi connectivity index (χ0n) is 9.55. The average molecular weight is 202 g/mol. The summed E-state index contributed by atoms with van der Waals surface area (Å²) in [5, 5.41) is 15.3. The molecule has 0 aromatic carbocycles. The van der Waals surface area contributed by atoms with Crippen LogP contribution in [0.1, 0.15) is 34.1 Å². The van der Waals surface area contributed by atoms with Crippen molar-refractivity contribution in [1.29, 1.82) is 0 Å². The monoisotopic (exact) mass is 202 g/mol. The number of carbonyl (C=O) groups excluding carboxylic acids is 1. The molecule has 0 saturated heterocycles. The first-order chi connectivity index (χ1) is 6.37.